The van der Waals surface area contributed by atoms with Gasteiger partial charge in [0.25, 0.3) is 0 Å². The lowest BCUT2D eigenvalue weighted by Crippen LogP contribution is -2.40. The highest BCUT2D eigenvalue weighted by molar-refractivity contribution is 7.89. The number of hydrogen-bond donors (Lipinski definition) is 0. The Balaban J connectivity index is 1.94. The van der Waals surface area contributed by atoms with Crippen LogP contribution < -0.4 is 0 Å². The van der Waals surface area contributed by atoms with Crippen LogP contribution in [0.5, 0.6) is 0 Å². The van der Waals surface area contributed by atoms with Crippen molar-refractivity contribution >= 4 is 10.0 Å². The predicted molar refractivity (Wildman–Crippen MR) is 91.2 cm³/mol. The van der Waals surface area contributed by atoms with Crippen molar-refractivity contribution in [1.29, 1.82) is 0 Å². The zero-order valence-corrected chi connectivity index (χ0v) is 15.1. The minimum absolute atomic E-state index is 0.00243. The molecule has 0 unspecified atom stereocenters. The maximum Gasteiger partial charge on any atom is 0.243 e. The van der Waals surface area contributed by atoms with Gasteiger partial charge in [-0.3, -0.25) is 4.68 Å². The Kier molecular flexibility index (Phi) is 4.76. The molecule has 130 valence electrons. The number of aromatic nitrogens is 2. The number of sulfonamides is 1. The van der Waals surface area contributed by atoms with Gasteiger partial charge in [-0.2, -0.15) is 9.40 Å². The summed E-state index contributed by atoms with van der Waals surface area (Å²) in [4.78, 5) is 0.328. The molecule has 1 aliphatic heterocycles. The van der Waals surface area contributed by atoms with Crippen molar-refractivity contribution in [2.75, 3.05) is 19.8 Å². The van der Waals surface area contributed by atoms with Crippen LogP contribution in [0.3, 0.4) is 0 Å². The molecular formula is C17H23N3O3S. The van der Waals surface area contributed by atoms with E-state index in [1.165, 1.54) is 4.31 Å². The molecule has 0 amide bonds. The van der Waals surface area contributed by atoms with Crippen molar-refractivity contribution < 1.29 is 13.2 Å². The largest absolute Gasteiger partial charge is 0.381 e. The first-order valence-electron chi connectivity index (χ1n) is 8.08. The molecule has 2 heterocycles. The van der Waals surface area contributed by atoms with Gasteiger partial charge in [0, 0.05) is 31.7 Å². The number of benzene rings is 1. The van der Waals surface area contributed by atoms with Gasteiger partial charge in [0.05, 0.1) is 29.9 Å². The summed E-state index contributed by atoms with van der Waals surface area (Å²) in [5.74, 6) is 0.00243. The van der Waals surface area contributed by atoms with E-state index in [4.69, 9.17) is 4.74 Å². The highest BCUT2D eigenvalue weighted by Gasteiger charge is 2.35. The normalized spacial score (nSPS) is 18.5. The Bertz CT molecular complexity index is 812. The van der Waals surface area contributed by atoms with Crippen LogP contribution in [0.4, 0.5) is 0 Å². The fourth-order valence-corrected chi connectivity index (χ4v) is 4.48. The molecular weight excluding hydrogens is 326 g/mol. The zero-order chi connectivity index (χ0) is 17.3. The molecule has 0 bridgehead atoms. The molecule has 1 aromatic heterocycles. The van der Waals surface area contributed by atoms with Crippen LogP contribution >= 0.6 is 0 Å². The summed E-state index contributed by atoms with van der Waals surface area (Å²) < 4.78 is 34.9. The first-order chi connectivity index (χ1) is 11.4. The molecule has 1 aliphatic rings. The summed E-state index contributed by atoms with van der Waals surface area (Å²) in [5, 5.41) is 4.30. The second-order valence-electron chi connectivity index (χ2n) is 6.14. The van der Waals surface area contributed by atoms with Gasteiger partial charge in [0.1, 0.15) is 0 Å². The van der Waals surface area contributed by atoms with E-state index in [2.05, 4.69) is 5.10 Å². The molecule has 0 spiro atoms. The lowest BCUT2D eigenvalue weighted by molar-refractivity contribution is 0.121. The van der Waals surface area contributed by atoms with Gasteiger partial charge in [0.15, 0.2) is 0 Å². The molecule has 0 saturated heterocycles. The van der Waals surface area contributed by atoms with Crippen LogP contribution in [0.2, 0.25) is 0 Å². The molecule has 6 nitrogen and oxygen atoms in total. The lowest BCUT2D eigenvalue weighted by atomic mass is 9.97. The molecule has 7 heteroatoms. The Labute approximate surface area is 143 Å². The predicted octanol–water partition coefficient (Wildman–Crippen LogP) is 2.05. The van der Waals surface area contributed by atoms with E-state index in [-0.39, 0.29) is 5.92 Å². The van der Waals surface area contributed by atoms with Gasteiger partial charge in [-0.05, 0) is 26.0 Å². The van der Waals surface area contributed by atoms with Gasteiger partial charge in [-0.25, -0.2) is 8.42 Å². The van der Waals surface area contributed by atoms with E-state index >= 15 is 0 Å². The van der Waals surface area contributed by atoms with Crippen molar-refractivity contribution in [2.45, 2.75) is 31.2 Å². The fourth-order valence-electron chi connectivity index (χ4n) is 3.04. The van der Waals surface area contributed by atoms with Gasteiger partial charge in [-0.1, -0.05) is 17.7 Å². The van der Waals surface area contributed by atoms with E-state index in [0.717, 1.165) is 16.8 Å². The topological polar surface area (TPSA) is 64.4 Å². The molecule has 1 atom stereocenters. The van der Waals surface area contributed by atoms with E-state index < -0.39 is 10.0 Å². The van der Waals surface area contributed by atoms with Crippen LogP contribution in [0, 0.1) is 6.92 Å². The lowest BCUT2D eigenvalue weighted by Gasteiger charge is -2.32. The Hall–Kier alpha value is -1.70. The highest BCUT2D eigenvalue weighted by Crippen LogP contribution is 2.31. The van der Waals surface area contributed by atoms with Crippen LogP contribution in [0.25, 0.3) is 0 Å². The van der Waals surface area contributed by atoms with E-state index in [1.807, 2.05) is 39.2 Å². The number of nitrogens with zero attached hydrogens (tertiary/aromatic N) is 3. The second kappa shape index (κ2) is 6.66. The average Bonchev–Trinajstić information content (AvgIpc) is 2.94. The molecule has 0 saturated carbocycles. The second-order valence-corrected chi connectivity index (χ2v) is 8.08. The highest BCUT2D eigenvalue weighted by atomic mass is 32.2. The average molecular weight is 349 g/mol. The molecule has 24 heavy (non-hydrogen) atoms. The van der Waals surface area contributed by atoms with Crippen molar-refractivity contribution in [3.8, 4) is 0 Å². The summed E-state index contributed by atoms with van der Waals surface area (Å²) in [7, 11) is -1.69. The van der Waals surface area contributed by atoms with Crippen molar-refractivity contribution in [1.82, 2.24) is 14.1 Å². The van der Waals surface area contributed by atoms with E-state index in [1.54, 1.807) is 16.8 Å². The number of hydrogen-bond acceptors (Lipinski definition) is 4. The Morgan fingerprint density at radius 1 is 1.29 bits per heavy atom. The first-order valence-corrected chi connectivity index (χ1v) is 9.52. The first kappa shape index (κ1) is 17.1. The summed E-state index contributed by atoms with van der Waals surface area (Å²) in [6.07, 6.45) is 1.83. The van der Waals surface area contributed by atoms with Crippen molar-refractivity contribution in [3.63, 3.8) is 0 Å². The zero-order valence-electron chi connectivity index (χ0n) is 14.3. The van der Waals surface area contributed by atoms with Crippen molar-refractivity contribution in [2.24, 2.45) is 7.05 Å². The minimum atomic E-state index is -3.54. The number of fused-ring (bicyclic) bond motifs is 1. The van der Waals surface area contributed by atoms with Crippen LogP contribution in [0.15, 0.2) is 35.4 Å². The molecule has 3 rings (SSSR count). The molecule has 1 aromatic carbocycles. The van der Waals surface area contributed by atoms with Gasteiger partial charge >= 0.3 is 0 Å². The van der Waals surface area contributed by atoms with Crippen LogP contribution in [0.1, 0.15) is 29.7 Å². The SMILES string of the molecule is CCOC[C@@H]1CN(S(=O)(=O)c2ccc(C)cc2)Cc2c1cnn2C. The van der Waals surface area contributed by atoms with Crippen molar-refractivity contribution in [3.05, 3.63) is 47.3 Å². The number of ether oxygens (including phenoxy) is 1. The Morgan fingerprint density at radius 3 is 2.67 bits per heavy atom. The third kappa shape index (κ3) is 3.11. The summed E-state index contributed by atoms with van der Waals surface area (Å²) in [6, 6.07) is 6.98. The summed E-state index contributed by atoms with van der Waals surface area (Å²) in [6.45, 7) is 5.73. The van der Waals surface area contributed by atoms with Crippen LogP contribution in [-0.4, -0.2) is 42.3 Å². The van der Waals surface area contributed by atoms with Crippen LogP contribution in [-0.2, 0) is 28.4 Å². The third-order valence-electron chi connectivity index (χ3n) is 4.47. The summed E-state index contributed by atoms with van der Waals surface area (Å²) >= 11 is 0. The van der Waals surface area contributed by atoms with Gasteiger partial charge in [-0.15, -0.1) is 0 Å². The van der Waals surface area contributed by atoms with Gasteiger partial charge in [0.2, 0.25) is 10.0 Å². The molecule has 0 fully saturated rings. The Morgan fingerprint density at radius 2 is 2.00 bits per heavy atom. The monoisotopic (exact) mass is 349 g/mol. The molecule has 0 N–H and O–H groups in total. The maximum absolute atomic E-state index is 13.0. The smallest absolute Gasteiger partial charge is 0.243 e. The van der Waals surface area contributed by atoms with E-state index in [0.29, 0.717) is 31.2 Å². The third-order valence-corrected chi connectivity index (χ3v) is 6.29. The molecule has 0 radical (unpaired) electrons. The number of rotatable bonds is 5. The van der Waals surface area contributed by atoms with Gasteiger partial charge < -0.3 is 4.74 Å². The molecule has 0 aliphatic carbocycles. The number of aryl methyl sites for hydroxylation is 2. The molecule has 2 aromatic rings. The quantitative estimate of drug-likeness (QED) is 0.829. The standard InChI is InChI=1S/C17H23N3O3S/c1-4-23-12-14-10-20(11-17-16(14)9-18-19(17)3)24(21,22)15-7-5-13(2)6-8-15/h5-9,14H,4,10-12H2,1-3H3/t14-/m0/s1. The minimum Gasteiger partial charge on any atom is -0.381 e. The van der Waals surface area contributed by atoms with E-state index in [9.17, 15) is 8.42 Å². The fraction of sp³-hybridized carbons (Fsp3) is 0.471. The summed E-state index contributed by atoms with van der Waals surface area (Å²) in [5.41, 5.74) is 3.05. The maximum atomic E-state index is 13.0.